The van der Waals surface area contributed by atoms with E-state index in [-0.39, 0.29) is 11.5 Å². The lowest BCUT2D eigenvalue weighted by Gasteiger charge is -2.04. The Hall–Kier alpha value is 0.610. The second-order valence-electron chi connectivity index (χ2n) is 1.50. The van der Waals surface area contributed by atoms with Gasteiger partial charge in [0.15, 0.2) is 0 Å². The molecule has 0 aliphatic heterocycles. The van der Waals surface area contributed by atoms with Crippen molar-refractivity contribution in [3.63, 3.8) is 0 Å². The van der Waals surface area contributed by atoms with E-state index in [0.29, 0.717) is 0 Å². The van der Waals surface area contributed by atoms with E-state index in [4.69, 9.17) is 4.55 Å². The molecule has 6 heteroatoms. The highest BCUT2D eigenvalue weighted by Gasteiger charge is 2.18. The molecule has 0 aliphatic carbocycles. The van der Waals surface area contributed by atoms with Gasteiger partial charge in [-0.15, -0.1) is 0 Å². The normalized spacial score (nSPS) is 12.4. The van der Waals surface area contributed by atoms with Crippen LogP contribution < -0.4 is 0 Å². The third kappa shape index (κ3) is 3.34. The van der Waals surface area contributed by atoms with Gasteiger partial charge >= 0.3 is 0 Å². The van der Waals surface area contributed by atoms with Crippen LogP contribution in [-0.4, -0.2) is 29.7 Å². The minimum Gasteiger partial charge on any atom is -0.285 e. The van der Waals surface area contributed by atoms with Gasteiger partial charge in [-0.2, -0.15) is 33.7 Å². The number of hydrogen-bond acceptors (Lipinski definition) is 4. The van der Waals surface area contributed by atoms with E-state index in [1.54, 1.807) is 0 Å². The molecule has 0 aliphatic rings. The number of thiol groups is 2. The van der Waals surface area contributed by atoms with E-state index in [2.05, 4.69) is 25.3 Å². The Morgan fingerprint density at radius 1 is 1.33 bits per heavy atom. The van der Waals surface area contributed by atoms with Gasteiger partial charge in [0, 0.05) is 11.5 Å². The van der Waals surface area contributed by atoms with Crippen LogP contribution in [0.25, 0.3) is 0 Å². The molecule has 0 unspecified atom stereocenters. The SMILES string of the molecule is O=S(=O)(O)C(CS)CS. The van der Waals surface area contributed by atoms with Gasteiger partial charge in [0.1, 0.15) is 5.25 Å². The molecule has 0 spiro atoms. The van der Waals surface area contributed by atoms with Crippen LogP contribution in [0.15, 0.2) is 0 Å². The standard InChI is InChI=1S/C3H8O3S3/c4-9(5,6)3(1-7)2-8/h3,7-8H,1-2H2,(H,4,5,6). The zero-order chi connectivity index (χ0) is 7.49. The van der Waals surface area contributed by atoms with Crippen LogP contribution in [-0.2, 0) is 10.1 Å². The molecular formula is C3H8O3S3. The molecule has 0 atom stereocenters. The molecule has 0 saturated heterocycles. The topological polar surface area (TPSA) is 54.4 Å². The Morgan fingerprint density at radius 3 is 1.67 bits per heavy atom. The molecule has 9 heavy (non-hydrogen) atoms. The predicted octanol–water partition coefficient (Wildman–Crippen LogP) is 0.102. The van der Waals surface area contributed by atoms with Crippen molar-refractivity contribution in [3.8, 4) is 0 Å². The van der Waals surface area contributed by atoms with Gasteiger partial charge in [-0.25, -0.2) is 0 Å². The predicted molar refractivity (Wildman–Crippen MR) is 43.0 cm³/mol. The van der Waals surface area contributed by atoms with Gasteiger partial charge in [-0.3, -0.25) is 4.55 Å². The first kappa shape index (κ1) is 9.61. The zero-order valence-electron chi connectivity index (χ0n) is 4.56. The number of hydrogen-bond donors (Lipinski definition) is 3. The summed E-state index contributed by atoms with van der Waals surface area (Å²) in [4.78, 5) is 0. The largest absolute Gasteiger partial charge is 0.285 e. The summed E-state index contributed by atoms with van der Waals surface area (Å²) in [6.07, 6.45) is 0. The van der Waals surface area contributed by atoms with Crippen LogP contribution in [0.1, 0.15) is 0 Å². The summed E-state index contributed by atoms with van der Waals surface area (Å²) in [6, 6.07) is 0. The quantitative estimate of drug-likeness (QED) is 0.435. The van der Waals surface area contributed by atoms with E-state index < -0.39 is 15.4 Å². The molecule has 0 heterocycles. The fourth-order valence-electron chi connectivity index (χ4n) is 0.246. The van der Waals surface area contributed by atoms with Gasteiger partial charge in [-0.1, -0.05) is 0 Å². The molecule has 0 aromatic carbocycles. The molecule has 3 nitrogen and oxygen atoms in total. The molecule has 0 radical (unpaired) electrons. The Morgan fingerprint density at radius 2 is 1.67 bits per heavy atom. The van der Waals surface area contributed by atoms with Gasteiger partial charge in [0.25, 0.3) is 10.1 Å². The van der Waals surface area contributed by atoms with Crippen LogP contribution >= 0.6 is 25.3 Å². The summed E-state index contributed by atoms with van der Waals surface area (Å²) in [5.41, 5.74) is 0. The Kier molecular flexibility index (Phi) is 3.95. The highest BCUT2D eigenvalue weighted by Crippen LogP contribution is 2.02. The van der Waals surface area contributed by atoms with E-state index in [1.165, 1.54) is 0 Å². The lowest BCUT2D eigenvalue weighted by atomic mass is 10.6. The van der Waals surface area contributed by atoms with Crippen molar-refractivity contribution < 1.29 is 13.0 Å². The average molecular weight is 188 g/mol. The summed E-state index contributed by atoms with van der Waals surface area (Å²) >= 11 is 7.40. The minimum atomic E-state index is -3.92. The first-order valence-corrected chi connectivity index (χ1v) is 4.97. The van der Waals surface area contributed by atoms with Crippen molar-refractivity contribution in [1.82, 2.24) is 0 Å². The van der Waals surface area contributed by atoms with E-state index in [0.717, 1.165) is 0 Å². The smallest absolute Gasteiger partial charge is 0.269 e. The second-order valence-corrected chi connectivity index (χ2v) is 3.93. The molecular weight excluding hydrogens is 180 g/mol. The van der Waals surface area contributed by atoms with Crippen molar-refractivity contribution in [1.29, 1.82) is 0 Å². The maximum atomic E-state index is 10.3. The highest BCUT2D eigenvalue weighted by atomic mass is 32.2. The first-order chi connectivity index (χ1) is 4.02. The lowest BCUT2D eigenvalue weighted by molar-refractivity contribution is 0.475. The number of rotatable bonds is 3. The third-order valence-electron chi connectivity index (χ3n) is 0.829. The van der Waals surface area contributed by atoms with Crippen molar-refractivity contribution >= 4 is 35.4 Å². The molecule has 56 valence electrons. The molecule has 0 rings (SSSR count). The first-order valence-electron chi connectivity index (χ1n) is 2.20. The van der Waals surface area contributed by atoms with Crippen LogP contribution in [0.5, 0.6) is 0 Å². The maximum absolute atomic E-state index is 10.3. The zero-order valence-corrected chi connectivity index (χ0v) is 7.16. The van der Waals surface area contributed by atoms with Gasteiger partial charge < -0.3 is 0 Å². The van der Waals surface area contributed by atoms with Crippen LogP contribution in [0, 0.1) is 0 Å². The monoisotopic (exact) mass is 188 g/mol. The molecule has 0 amide bonds. The Balaban J connectivity index is 4.14. The fraction of sp³-hybridized carbons (Fsp3) is 1.00. The fourth-order valence-corrected chi connectivity index (χ4v) is 2.22. The van der Waals surface area contributed by atoms with Crippen molar-refractivity contribution in [2.45, 2.75) is 5.25 Å². The van der Waals surface area contributed by atoms with Crippen LogP contribution in [0.3, 0.4) is 0 Å². The summed E-state index contributed by atoms with van der Waals surface area (Å²) in [5, 5.41) is -0.843. The summed E-state index contributed by atoms with van der Waals surface area (Å²) < 4.78 is 28.9. The summed E-state index contributed by atoms with van der Waals surface area (Å²) in [7, 11) is -3.92. The minimum absolute atomic E-state index is 0.0995. The van der Waals surface area contributed by atoms with Crippen LogP contribution in [0.4, 0.5) is 0 Å². The summed E-state index contributed by atoms with van der Waals surface area (Å²) in [6.45, 7) is 0. The Labute approximate surface area is 65.4 Å². The van der Waals surface area contributed by atoms with Crippen molar-refractivity contribution in [2.24, 2.45) is 0 Å². The molecule has 0 aromatic rings. The Bertz CT molecular complexity index is 157. The van der Waals surface area contributed by atoms with E-state index >= 15 is 0 Å². The molecule has 0 aromatic heterocycles. The molecule has 0 fully saturated rings. The molecule has 0 saturated carbocycles. The van der Waals surface area contributed by atoms with Gasteiger partial charge in [0.2, 0.25) is 0 Å². The van der Waals surface area contributed by atoms with E-state index in [1.807, 2.05) is 0 Å². The summed E-state index contributed by atoms with van der Waals surface area (Å²) in [5.74, 6) is 0.199. The average Bonchev–Trinajstić information content (AvgIpc) is 1.65. The van der Waals surface area contributed by atoms with Crippen molar-refractivity contribution in [2.75, 3.05) is 11.5 Å². The third-order valence-corrected chi connectivity index (χ3v) is 3.38. The lowest BCUT2D eigenvalue weighted by Crippen LogP contribution is -2.23. The second kappa shape index (κ2) is 3.70. The van der Waals surface area contributed by atoms with Gasteiger partial charge in [0.05, 0.1) is 0 Å². The van der Waals surface area contributed by atoms with Gasteiger partial charge in [-0.05, 0) is 0 Å². The maximum Gasteiger partial charge on any atom is 0.269 e. The van der Waals surface area contributed by atoms with E-state index in [9.17, 15) is 8.42 Å². The van der Waals surface area contributed by atoms with Crippen LogP contribution in [0.2, 0.25) is 0 Å². The van der Waals surface area contributed by atoms with Crippen molar-refractivity contribution in [3.05, 3.63) is 0 Å². The molecule has 0 bridgehead atoms. The molecule has 1 N–H and O–H groups in total. The highest BCUT2D eigenvalue weighted by molar-refractivity contribution is 7.90.